The van der Waals surface area contributed by atoms with Crippen molar-refractivity contribution in [2.45, 2.75) is 54.4 Å². The number of amides is 1. The van der Waals surface area contributed by atoms with Crippen LogP contribution in [0.1, 0.15) is 59.9 Å². The lowest BCUT2D eigenvalue weighted by atomic mass is 9.68. The van der Waals surface area contributed by atoms with E-state index in [1.807, 2.05) is 12.1 Å². The van der Waals surface area contributed by atoms with Crippen molar-refractivity contribution in [2.24, 2.45) is 23.7 Å². The number of carbonyl (C=O) groups is 2. The highest BCUT2D eigenvalue weighted by atomic mass is 16.6. The summed E-state index contributed by atoms with van der Waals surface area (Å²) in [6.45, 7) is 19.5. The molecule has 1 rings (SSSR count). The van der Waals surface area contributed by atoms with Gasteiger partial charge in [-0.1, -0.05) is 60.3 Å². The molecule has 0 aliphatic heterocycles. The van der Waals surface area contributed by atoms with E-state index in [0.717, 1.165) is 5.75 Å². The Bertz CT molecular complexity index is 716. The van der Waals surface area contributed by atoms with Crippen LogP contribution in [0.15, 0.2) is 36.4 Å². The first kappa shape index (κ1) is 27.5. The van der Waals surface area contributed by atoms with Gasteiger partial charge >= 0.3 is 12.1 Å². The molecule has 1 atom stereocenters. The molecule has 0 aliphatic carbocycles. The molecule has 0 spiro atoms. The highest BCUT2D eigenvalue weighted by Gasteiger charge is 2.30. The molecule has 1 aromatic carbocycles. The molecular formula is C26H41NO5. The number of alkyl carbamates (subject to hydrolysis) is 1. The number of benzene rings is 1. The Morgan fingerprint density at radius 2 is 1.47 bits per heavy atom. The monoisotopic (exact) mass is 447 g/mol. The largest absolute Gasteiger partial charge is 0.490 e. The second-order valence-electron chi connectivity index (χ2n) is 9.23. The highest BCUT2D eigenvalue weighted by Crippen LogP contribution is 2.41. The highest BCUT2D eigenvalue weighted by molar-refractivity contribution is 5.86. The number of esters is 1. The summed E-state index contributed by atoms with van der Waals surface area (Å²) in [5, 5.41) is 2.51. The third-order valence-corrected chi connectivity index (χ3v) is 5.48. The number of ether oxygens (including phenoxy) is 3. The third-order valence-electron chi connectivity index (χ3n) is 5.48. The van der Waals surface area contributed by atoms with Crippen molar-refractivity contribution >= 4 is 12.1 Å². The Kier molecular flexibility index (Phi) is 11.9. The van der Waals surface area contributed by atoms with Crippen LogP contribution >= 0.6 is 0 Å². The lowest BCUT2D eigenvalue weighted by Crippen LogP contribution is -2.29. The van der Waals surface area contributed by atoms with Gasteiger partial charge in [0.05, 0.1) is 6.54 Å². The molecule has 180 valence electrons. The van der Waals surface area contributed by atoms with Gasteiger partial charge in [0.25, 0.3) is 0 Å². The maximum Gasteiger partial charge on any atom is 0.407 e. The average molecular weight is 448 g/mol. The van der Waals surface area contributed by atoms with E-state index in [-0.39, 0.29) is 26.4 Å². The van der Waals surface area contributed by atoms with Gasteiger partial charge in [0.2, 0.25) is 0 Å². The SMILES string of the molecule is C=C(C)C(=O)OCCNC(=O)OCCOc1ccc(C(C(C)C)C(C(C)C)C(C)C)cc1. The lowest BCUT2D eigenvalue weighted by Gasteiger charge is -2.36. The summed E-state index contributed by atoms with van der Waals surface area (Å²) in [5.41, 5.74) is 1.65. The second kappa shape index (κ2) is 13.8. The number of nitrogens with one attached hydrogen (secondary N) is 1. The van der Waals surface area contributed by atoms with Crippen molar-refractivity contribution in [2.75, 3.05) is 26.4 Å². The minimum atomic E-state index is -0.580. The van der Waals surface area contributed by atoms with Crippen LogP contribution in [0.25, 0.3) is 0 Å². The summed E-state index contributed by atoms with van der Waals surface area (Å²) in [6, 6.07) is 8.27. The van der Waals surface area contributed by atoms with Crippen molar-refractivity contribution < 1.29 is 23.8 Å². The van der Waals surface area contributed by atoms with Crippen LogP contribution in [-0.2, 0) is 14.3 Å². The minimum absolute atomic E-state index is 0.0650. The molecule has 1 amide bonds. The summed E-state index contributed by atoms with van der Waals surface area (Å²) in [4.78, 5) is 22.9. The van der Waals surface area contributed by atoms with E-state index in [1.54, 1.807) is 6.92 Å². The molecule has 0 saturated carbocycles. The predicted octanol–water partition coefficient (Wildman–Crippen LogP) is 5.58. The van der Waals surface area contributed by atoms with Crippen LogP contribution in [0.3, 0.4) is 0 Å². The number of hydrogen-bond donors (Lipinski definition) is 1. The number of hydrogen-bond acceptors (Lipinski definition) is 5. The van der Waals surface area contributed by atoms with E-state index in [0.29, 0.717) is 35.2 Å². The topological polar surface area (TPSA) is 73.9 Å². The van der Waals surface area contributed by atoms with Crippen LogP contribution in [0.5, 0.6) is 5.75 Å². The van der Waals surface area contributed by atoms with E-state index >= 15 is 0 Å². The van der Waals surface area contributed by atoms with Crippen LogP contribution in [0.2, 0.25) is 0 Å². The molecule has 0 aromatic heterocycles. The molecule has 0 saturated heterocycles. The Morgan fingerprint density at radius 1 is 0.875 bits per heavy atom. The molecule has 1 N–H and O–H groups in total. The Labute approximate surface area is 193 Å². The molecule has 0 fully saturated rings. The summed E-state index contributed by atoms with van der Waals surface area (Å²) in [6.07, 6.45) is -0.580. The minimum Gasteiger partial charge on any atom is -0.490 e. The molecule has 1 unspecified atom stereocenters. The van der Waals surface area contributed by atoms with Crippen LogP contribution in [0.4, 0.5) is 4.79 Å². The summed E-state index contributed by atoms with van der Waals surface area (Å²) in [5.74, 6) is 3.14. The molecule has 0 aliphatic rings. The fraction of sp³-hybridized carbons (Fsp3) is 0.615. The molecule has 0 heterocycles. The fourth-order valence-corrected chi connectivity index (χ4v) is 4.20. The van der Waals surface area contributed by atoms with Gasteiger partial charge in [-0.25, -0.2) is 9.59 Å². The Morgan fingerprint density at radius 3 is 1.97 bits per heavy atom. The molecular weight excluding hydrogens is 406 g/mol. The van der Waals surface area contributed by atoms with E-state index in [4.69, 9.17) is 14.2 Å². The second-order valence-corrected chi connectivity index (χ2v) is 9.23. The molecule has 0 radical (unpaired) electrons. The van der Waals surface area contributed by atoms with Gasteiger partial charge in [-0.05, 0) is 54.2 Å². The lowest BCUT2D eigenvalue weighted by molar-refractivity contribution is -0.138. The Hall–Kier alpha value is -2.50. The van der Waals surface area contributed by atoms with Gasteiger partial charge in [-0.15, -0.1) is 0 Å². The van der Waals surface area contributed by atoms with Crippen molar-refractivity contribution in [3.8, 4) is 5.75 Å². The first-order chi connectivity index (χ1) is 15.0. The molecule has 32 heavy (non-hydrogen) atoms. The van der Waals surface area contributed by atoms with Gasteiger partial charge in [-0.2, -0.15) is 0 Å². The third kappa shape index (κ3) is 9.33. The van der Waals surface area contributed by atoms with Gasteiger partial charge in [0.1, 0.15) is 25.6 Å². The summed E-state index contributed by atoms with van der Waals surface area (Å²) < 4.78 is 15.7. The van der Waals surface area contributed by atoms with Crippen molar-refractivity contribution in [1.29, 1.82) is 0 Å². The van der Waals surface area contributed by atoms with Crippen molar-refractivity contribution in [3.63, 3.8) is 0 Å². The smallest absolute Gasteiger partial charge is 0.407 e. The van der Waals surface area contributed by atoms with Crippen molar-refractivity contribution in [1.82, 2.24) is 5.32 Å². The van der Waals surface area contributed by atoms with Crippen LogP contribution in [-0.4, -0.2) is 38.4 Å². The van der Waals surface area contributed by atoms with Gasteiger partial charge in [0.15, 0.2) is 0 Å². The first-order valence-corrected chi connectivity index (χ1v) is 11.5. The average Bonchev–Trinajstić information content (AvgIpc) is 2.71. The maximum absolute atomic E-state index is 11.6. The molecule has 0 bridgehead atoms. The fourth-order valence-electron chi connectivity index (χ4n) is 4.20. The van der Waals surface area contributed by atoms with Gasteiger partial charge in [-0.3, -0.25) is 0 Å². The summed E-state index contributed by atoms with van der Waals surface area (Å²) >= 11 is 0. The maximum atomic E-state index is 11.6. The molecule has 6 heteroatoms. The number of carbonyl (C=O) groups excluding carboxylic acids is 2. The first-order valence-electron chi connectivity index (χ1n) is 11.5. The van der Waals surface area contributed by atoms with E-state index in [9.17, 15) is 9.59 Å². The Balaban J connectivity index is 2.45. The van der Waals surface area contributed by atoms with Crippen LogP contribution < -0.4 is 10.1 Å². The standard InChI is InChI=1S/C26H41NO5/c1-17(2)23(18(3)4)24(19(5)6)21-9-11-22(12-10-21)30-15-16-32-26(29)27-13-14-31-25(28)20(7)8/h9-12,17-19,23-24H,7,13-16H2,1-6,8H3,(H,27,29). The van der Waals surface area contributed by atoms with E-state index in [1.165, 1.54) is 5.56 Å². The normalized spacial score (nSPS) is 12.2. The van der Waals surface area contributed by atoms with E-state index in [2.05, 4.69) is 65.6 Å². The predicted molar refractivity (Wildman–Crippen MR) is 128 cm³/mol. The zero-order chi connectivity index (χ0) is 24.3. The van der Waals surface area contributed by atoms with Crippen molar-refractivity contribution in [3.05, 3.63) is 42.0 Å². The van der Waals surface area contributed by atoms with Crippen LogP contribution in [0, 0.1) is 23.7 Å². The van der Waals surface area contributed by atoms with E-state index < -0.39 is 12.1 Å². The van der Waals surface area contributed by atoms with Gasteiger partial charge in [0, 0.05) is 5.57 Å². The molecule has 1 aromatic rings. The zero-order valence-corrected chi connectivity index (χ0v) is 20.8. The quantitative estimate of drug-likeness (QED) is 0.243. The van der Waals surface area contributed by atoms with Gasteiger partial charge < -0.3 is 19.5 Å². The summed E-state index contributed by atoms with van der Waals surface area (Å²) in [7, 11) is 0. The number of rotatable bonds is 13. The zero-order valence-electron chi connectivity index (χ0n) is 20.8. The molecule has 6 nitrogen and oxygen atoms in total.